The van der Waals surface area contributed by atoms with Gasteiger partial charge in [0.15, 0.2) is 11.6 Å². The molecule has 0 amide bonds. The van der Waals surface area contributed by atoms with Crippen molar-refractivity contribution in [2.75, 3.05) is 13.7 Å². The maximum Gasteiger partial charge on any atom is 0.309 e. The number of hydrogen-bond donors (Lipinski definition) is 2. The standard InChI is InChI=1S/C23H30O6/c1-22-7-6-13(25)8-12(22)4-5-14-16-9-15(21(28)29-3)20(18(27)11-24)23(16,2)10-17(26)19(14)22/h6-8,14-17,19-20,24,26H,4-5,9-11H2,1-3H3/t14-,15+,16-,17-,19+,20+,22-,23-/m0/s1. The van der Waals surface area contributed by atoms with Crippen LogP contribution >= 0.6 is 0 Å². The molecule has 158 valence electrons. The van der Waals surface area contributed by atoms with Crippen molar-refractivity contribution in [1.82, 2.24) is 0 Å². The lowest BCUT2D eigenvalue weighted by atomic mass is 9.46. The van der Waals surface area contributed by atoms with Crippen molar-refractivity contribution in [3.8, 4) is 0 Å². The number of ether oxygens (including phenoxy) is 1. The molecule has 0 aliphatic heterocycles. The first-order valence-electron chi connectivity index (χ1n) is 10.5. The number of rotatable bonds is 3. The molecule has 0 spiro atoms. The summed E-state index contributed by atoms with van der Waals surface area (Å²) in [5.41, 5.74) is 0.113. The molecule has 0 heterocycles. The van der Waals surface area contributed by atoms with Gasteiger partial charge in [-0.2, -0.15) is 0 Å². The van der Waals surface area contributed by atoms with Crippen LogP contribution in [0.5, 0.6) is 0 Å². The van der Waals surface area contributed by atoms with Crippen molar-refractivity contribution in [2.24, 2.45) is 40.4 Å². The van der Waals surface area contributed by atoms with E-state index in [-0.39, 0.29) is 29.3 Å². The zero-order valence-corrected chi connectivity index (χ0v) is 17.3. The number of ketones is 2. The second-order valence-corrected chi connectivity index (χ2v) is 9.77. The van der Waals surface area contributed by atoms with E-state index in [4.69, 9.17) is 4.74 Å². The number of methoxy groups -OCH3 is 1. The van der Waals surface area contributed by atoms with Crippen LogP contribution in [0.25, 0.3) is 0 Å². The number of aliphatic hydroxyl groups is 2. The van der Waals surface area contributed by atoms with E-state index < -0.39 is 41.3 Å². The molecule has 6 heteroatoms. The van der Waals surface area contributed by atoms with Crippen LogP contribution in [-0.2, 0) is 19.1 Å². The van der Waals surface area contributed by atoms with Crippen molar-refractivity contribution in [2.45, 2.75) is 45.6 Å². The number of aliphatic hydroxyl groups excluding tert-OH is 2. The molecule has 0 radical (unpaired) electrons. The number of carbonyl (C=O) groups is 3. The minimum absolute atomic E-state index is 0.00806. The fourth-order valence-electron chi connectivity index (χ4n) is 7.45. The molecular weight excluding hydrogens is 372 g/mol. The summed E-state index contributed by atoms with van der Waals surface area (Å²) in [6, 6.07) is 0. The SMILES string of the molecule is COC(=O)[C@@H]1C[C@H]2[C@@H]3CCC4=CC(=O)C=C[C@]4(C)[C@H]3[C@@H](O)C[C@]2(C)[C@H]1C(=O)CO. The van der Waals surface area contributed by atoms with E-state index in [9.17, 15) is 24.6 Å². The Morgan fingerprint density at radius 2 is 2.03 bits per heavy atom. The Hall–Kier alpha value is -1.79. The molecule has 4 rings (SSSR count). The molecule has 8 atom stereocenters. The summed E-state index contributed by atoms with van der Waals surface area (Å²) < 4.78 is 5.00. The van der Waals surface area contributed by atoms with Gasteiger partial charge in [-0.3, -0.25) is 14.4 Å². The van der Waals surface area contributed by atoms with Gasteiger partial charge in [0.25, 0.3) is 0 Å². The fraction of sp³-hybridized carbons (Fsp3) is 0.696. The van der Waals surface area contributed by atoms with Crippen molar-refractivity contribution in [3.63, 3.8) is 0 Å². The van der Waals surface area contributed by atoms with Gasteiger partial charge in [0.1, 0.15) is 6.61 Å². The summed E-state index contributed by atoms with van der Waals surface area (Å²) >= 11 is 0. The fourth-order valence-corrected chi connectivity index (χ4v) is 7.45. The molecule has 0 unspecified atom stereocenters. The van der Waals surface area contributed by atoms with Gasteiger partial charge in [-0.1, -0.05) is 25.5 Å². The summed E-state index contributed by atoms with van der Waals surface area (Å²) in [6.45, 7) is 3.47. The number of carbonyl (C=O) groups excluding carboxylic acids is 3. The summed E-state index contributed by atoms with van der Waals surface area (Å²) in [4.78, 5) is 37.1. The van der Waals surface area contributed by atoms with Crippen LogP contribution in [-0.4, -0.2) is 47.6 Å². The van der Waals surface area contributed by atoms with Gasteiger partial charge in [0, 0.05) is 17.3 Å². The van der Waals surface area contributed by atoms with Crippen LogP contribution in [0.1, 0.15) is 39.5 Å². The van der Waals surface area contributed by atoms with Crippen LogP contribution in [0, 0.1) is 40.4 Å². The topological polar surface area (TPSA) is 101 Å². The van der Waals surface area contributed by atoms with Crippen molar-refractivity contribution >= 4 is 17.5 Å². The molecule has 2 N–H and O–H groups in total. The van der Waals surface area contributed by atoms with Crippen LogP contribution in [0.15, 0.2) is 23.8 Å². The highest BCUT2D eigenvalue weighted by Gasteiger charge is 2.66. The van der Waals surface area contributed by atoms with Crippen LogP contribution < -0.4 is 0 Å². The third-order valence-electron chi connectivity index (χ3n) is 8.56. The van der Waals surface area contributed by atoms with Gasteiger partial charge in [-0.25, -0.2) is 0 Å². The molecule has 3 fully saturated rings. The molecule has 6 nitrogen and oxygen atoms in total. The second-order valence-electron chi connectivity index (χ2n) is 9.77. The van der Waals surface area contributed by atoms with E-state index in [1.807, 2.05) is 13.0 Å². The molecule has 4 aliphatic carbocycles. The minimum Gasteiger partial charge on any atom is -0.469 e. The summed E-state index contributed by atoms with van der Waals surface area (Å²) in [5, 5.41) is 20.9. The van der Waals surface area contributed by atoms with Crippen molar-refractivity contribution in [3.05, 3.63) is 23.8 Å². The number of allylic oxidation sites excluding steroid dienone is 4. The average molecular weight is 402 g/mol. The van der Waals surface area contributed by atoms with Crippen LogP contribution in [0.3, 0.4) is 0 Å². The summed E-state index contributed by atoms with van der Waals surface area (Å²) in [6.07, 6.45) is 7.11. The lowest BCUT2D eigenvalue weighted by Crippen LogP contribution is -2.56. The molecular formula is C23H30O6. The van der Waals surface area contributed by atoms with Gasteiger partial charge < -0.3 is 14.9 Å². The van der Waals surface area contributed by atoms with Crippen molar-refractivity contribution in [1.29, 1.82) is 0 Å². The third-order valence-corrected chi connectivity index (χ3v) is 8.56. The highest BCUT2D eigenvalue weighted by atomic mass is 16.5. The monoisotopic (exact) mass is 402 g/mol. The first-order chi connectivity index (χ1) is 13.7. The summed E-state index contributed by atoms with van der Waals surface area (Å²) in [7, 11) is 1.33. The molecule has 0 bridgehead atoms. The zero-order chi connectivity index (χ0) is 21.1. The molecule has 4 aliphatic rings. The molecule has 29 heavy (non-hydrogen) atoms. The second kappa shape index (κ2) is 6.88. The Morgan fingerprint density at radius 3 is 2.69 bits per heavy atom. The average Bonchev–Trinajstić information content (AvgIpc) is 2.99. The van der Waals surface area contributed by atoms with Crippen LogP contribution in [0.4, 0.5) is 0 Å². The molecule has 0 aromatic carbocycles. The van der Waals surface area contributed by atoms with E-state index in [1.165, 1.54) is 7.11 Å². The number of hydrogen-bond acceptors (Lipinski definition) is 6. The third kappa shape index (κ3) is 2.79. The maximum atomic E-state index is 12.7. The van der Waals surface area contributed by atoms with E-state index >= 15 is 0 Å². The lowest BCUT2D eigenvalue weighted by Gasteiger charge is -2.58. The van der Waals surface area contributed by atoms with E-state index in [1.54, 1.807) is 12.2 Å². The Kier molecular flexibility index (Phi) is 4.86. The quantitative estimate of drug-likeness (QED) is 0.699. The van der Waals surface area contributed by atoms with Gasteiger partial charge in [0.2, 0.25) is 0 Å². The number of esters is 1. The smallest absolute Gasteiger partial charge is 0.309 e. The van der Waals surface area contributed by atoms with Crippen LogP contribution in [0.2, 0.25) is 0 Å². The van der Waals surface area contributed by atoms with Gasteiger partial charge in [-0.05, 0) is 55.1 Å². The normalized spacial score (nSPS) is 45.7. The van der Waals surface area contributed by atoms with E-state index in [2.05, 4.69) is 6.92 Å². The van der Waals surface area contributed by atoms with E-state index in [0.717, 1.165) is 18.4 Å². The molecule has 0 saturated heterocycles. The first-order valence-corrected chi connectivity index (χ1v) is 10.5. The Balaban J connectivity index is 1.76. The zero-order valence-electron chi connectivity index (χ0n) is 17.3. The number of Topliss-reactive ketones (excluding diaryl/α,β-unsaturated/α-hetero) is 1. The number of fused-ring (bicyclic) bond motifs is 5. The van der Waals surface area contributed by atoms with Crippen molar-refractivity contribution < 1.29 is 29.3 Å². The summed E-state index contributed by atoms with van der Waals surface area (Å²) in [5.74, 6) is -1.86. The molecule has 0 aromatic heterocycles. The first kappa shape index (κ1) is 20.5. The highest BCUT2D eigenvalue weighted by Crippen LogP contribution is 2.67. The maximum absolute atomic E-state index is 12.7. The lowest BCUT2D eigenvalue weighted by molar-refractivity contribution is -0.154. The largest absolute Gasteiger partial charge is 0.469 e. The minimum atomic E-state index is -0.654. The highest BCUT2D eigenvalue weighted by molar-refractivity contribution is 6.01. The van der Waals surface area contributed by atoms with E-state index in [0.29, 0.717) is 12.8 Å². The van der Waals surface area contributed by atoms with Gasteiger partial charge in [-0.15, -0.1) is 0 Å². The van der Waals surface area contributed by atoms with Gasteiger partial charge >= 0.3 is 5.97 Å². The molecule has 3 saturated carbocycles. The molecule has 0 aromatic rings. The Bertz CT molecular complexity index is 812. The Labute approximate surface area is 171 Å². The predicted molar refractivity (Wildman–Crippen MR) is 104 cm³/mol. The Morgan fingerprint density at radius 1 is 1.31 bits per heavy atom. The van der Waals surface area contributed by atoms with Gasteiger partial charge in [0.05, 0.1) is 19.1 Å². The predicted octanol–water partition coefficient (Wildman–Crippen LogP) is 1.84.